The molecule has 1 saturated carbocycles. The van der Waals surface area contributed by atoms with Gasteiger partial charge in [0, 0.05) is 35.6 Å². The fourth-order valence-corrected chi connectivity index (χ4v) is 3.31. The van der Waals surface area contributed by atoms with E-state index in [0.717, 1.165) is 35.3 Å². The standard InChI is InChI=1S/C15H19N5S/c1-2-5-21-20-12-6-11(7-12)19-14-10(8-16)9-18-15-13(14)3-4-17-15/h3-4,9,11-12,20H,2,5-7H2,1H3,(H2,17,18,19). The molecule has 2 aromatic heterocycles. The van der Waals surface area contributed by atoms with Crippen LogP contribution in [0.25, 0.3) is 11.0 Å². The largest absolute Gasteiger partial charge is 0.380 e. The number of hydrogen-bond donors (Lipinski definition) is 3. The molecule has 5 nitrogen and oxygen atoms in total. The molecule has 0 aromatic carbocycles. The van der Waals surface area contributed by atoms with Gasteiger partial charge in [-0.25, -0.2) is 4.98 Å². The van der Waals surface area contributed by atoms with Gasteiger partial charge in [-0.15, -0.1) is 0 Å². The molecule has 0 saturated heterocycles. The zero-order chi connectivity index (χ0) is 14.7. The fraction of sp³-hybridized carbons (Fsp3) is 0.467. The zero-order valence-electron chi connectivity index (χ0n) is 12.0. The quantitative estimate of drug-likeness (QED) is 0.565. The Kier molecular flexibility index (Phi) is 4.32. The number of pyridine rings is 1. The van der Waals surface area contributed by atoms with E-state index in [9.17, 15) is 5.26 Å². The van der Waals surface area contributed by atoms with Gasteiger partial charge in [0.15, 0.2) is 0 Å². The molecule has 0 atom stereocenters. The molecule has 0 aliphatic heterocycles. The van der Waals surface area contributed by atoms with Crippen LogP contribution in [0.5, 0.6) is 0 Å². The molecule has 21 heavy (non-hydrogen) atoms. The first-order valence-corrected chi connectivity index (χ1v) is 8.30. The molecule has 0 spiro atoms. The Morgan fingerprint density at radius 1 is 1.48 bits per heavy atom. The van der Waals surface area contributed by atoms with Crippen LogP contribution in [0.2, 0.25) is 0 Å². The number of fused-ring (bicyclic) bond motifs is 1. The van der Waals surface area contributed by atoms with Gasteiger partial charge < -0.3 is 10.3 Å². The lowest BCUT2D eigenvalue weighted by atomic mass is 9.87. The number of rotatable bonds is 6. The van der Waals surface area contributed by atoms with E-state index >= 15 is 0 Å². The number of aromatic nitrogens is 2. The highest BCUT2D eigenvalue weighted by atomic mass is 32.2. The normalized spacial score (nSPS) is 21.0. The van der Waals surface area contributed by atoms with Gasteiger partial charge in [-0.2, -0.15) is 5.26 Å². The molecular weight excluding hydrogens is 282 g/mol. The van der Waals surface area contributed by atoms with Gasteiger partial charge in [0.1, 0.15) is 11.7 Å². The number of anilines is 1. The van der Waals surface area contributed by atoms with Gasteiger partial charge in [-0.3, -0.25) is 4.72 Å². The molecule has 3 N–H and O–H groups in total. The third kappa shape index (κ3) is 2.99. The van der Waals surface area contributed by atoms with Crippen molar-refractivity contribution in [1.82, 2.24) is 14.7 Å². The molecule has 1 aliphatic rings. The first-order chi connectivity index (χ1) is 10.3. The molecule has 110 valence electrons. The Balaban J connectivity index is 1.64. The third-order valence-corrected chi connectivity index (χ3v) is 4.86. The van der Waals surface area contributed by atoms with Crippen molar-refractivity contribution >= 4 is 28.7 Å². The minimum absolute atomic E-state index is 0.428. The highest BCUT2D eigenvalue weighted by Crippen LogP contribution is 2.31. The average Bonchev–Trinajstić information content (AvgIpc) is 2.93. The second-order valence-electron chi connectivity index (χ2n) is 5.37. The van der Waals surface area contributed by atoms with Crippen molar-refractivity contribution < 1.29 is 0 Å². The van der Waals surface area contributed by atoms with E-state index in [4.69, 9.17) is 0 Å². The van der Waals surface area contributed by atoms with Crippen molar-refractivity contribution in [3.05, 3.63) is 24.0 Å². The summed E-state index contributed by atoms with van der Waals surface area (Å²) in [6.07, 6.45) is 6.87. The molecule has 0 amide bonds. The van der Waals surface area contributed by atoms with Crippen LogP contribution in [0, 0.1) is 11.3 Å². The zero-order valence-corrected chi connectivity index (χ0v) is 12.8. The van der Waals surface area contributed by atoms with E-state index in [0.29, 0.717) is 17.6 Å². The van der Waals surface area contributed by atoms with Gasteiger partial charge in [0.2, 0.25) is 0 Å². The minimum Gasteiger partial charge on any atom is -0.380 e. The van der Waals surface area contributed by atoms with Crippen molar-refractivity contribution in [2.45, 2.75) is 38.3 Å². The molecule has 2 aromatic rings. The summed E-state index contributed by atoms with van der Waals surface area (Å²) in [5.74, 6) is 1.15. The molecule has 1 aliphatic carbocycles. The lowest BCUT2D eigenvalue weighted by molar-refractivity contribution is 0.355. The van der Waals surface area contributed by atoms with Crippen LogP contribution in [0.1, 0.15) is 31.7 Å². The first kappa shape index (κ1) is 14.2. The molecular formula is C15H19N5S. The van der Waals surface area contributed by atoms with Gasteiger partial charge in [0.25, 0.3) is 0 Å². The number of H-pyrrole nitrogens is 1. The predicted molar refractivity (Wildman–Crippen MR) is 87.1 cm³/mol. The summed E-state index contributed by atoms with van der Waals surface area (Å²) in [6, 6.07) is 5.20. The van der Waals surface area contributed by atoms with Crippen molar-refractivity contribution in [2.24, 2.45) is 0 Å². The lowest BCUT2D eigenvalue weighted by Gasteiger charge is -2.37. The number of nitrogens with one attached hydrogen (secondary N) is 3. The van der Waals surface area contributed by atoms with Crippen LogP contribution in [0.15, 0.2) is 18.5 Å². The number of aromatic amines is 1. The Morgan fingerprint density at radius 2 is 2.33 bits per heavy atom. The summed E-state index contributed by atoms with van der Waals surface area (Å²) < 4.78 is 3.49. The van der Waals surface area contributed by atoms with Crippen LogP contribution >= 0.6 is 11.9 Å². The second kappa shape index (κ2) is 6.37. The van der Waals surface area contributed by atoms with Gasteiger partial charge in [-0.05, 0) is 25.3 Å². The van der Waals surface area contributed by atoms with Crippen LogP contribution in [-0.2, 0) is 0 Å². The summed E-state index contributed by atoms with van der Waals surface area (Å²) in [6.45, 7) is 2.19. The topological polar surface area (TPSA) is 76.5 Å². The summed E-state index contributed by atoms with van der Waals surface area (Å²) in [5.41, 5.74) is 2.34. The monoisotopic (exact) mass is 301 g/mol. The maximum Gasteiger partial charge on any atom is 0.139 e. The average molecular weight is 301 g/mol. The van der Waals surface area contributed by atoms with Crippen LogP contribution in [-0.4, -0.2) is 27.8 Å². The van der Waals surface area contributed by atoms with Crippen LogP contribution in [0.4, 0.5) is 5.69 Å². The summed E-state index contributed by atoms with van der Waals surface area (Å²) >= 11 is 1.81. The number of hydrogen-bond acceptors (Lipinski definition) is 5. The summed E-state index contributed by atoms with van der Waals surface area (Å²) in [7, 11) is 0. The maximum absolute atomic E-state index is 9.26. The number of nitrogens with zero attached hydrogens (tertiary/aromatic N) is 2. The Morgan fingerprint density at radius 3 is 3.10 bits per heavy atom. The number of nitriles is 1. The predicted octanol–water partition coefficient (Wildman–Crippen LogP) is 3.03. The lowest BCUT2D eigenvalue weighted by Crippen LogP contribution is -2.45. The summed E-state index contributed by atoms with van der Waals surface area (Å²) in [4.78, 5) is 7.34. The molecule has 6 heteroatoms. The van der Waals surface area contributed by atoms with Crippen LogP contribution in [0.3, 0.4) is 0 Å². The van der Waals surface area contributed by atoms with E-state index < -0.39 is 0 Å². The first-order valence-electron chi connectivity index (χ1n) is 7.32. The molecule has 0 radical (unpaired) electrons. The third-order valence-electron chi connectivity index (χ3n) is 3.75. The van der Waals surface area contributed by atoms with E-state index in [-0.39, 0.29) is 0 Å². The Labute approximate surface area is 128 Å². The maximum atomic E-state index is 9.26. The molecule has 0 bridgehead atoms. The minimum atomic E-state index is 0.428. The van der Waals surface area contributed by atoms with Crippen LogP contribution < -0.4 is 10.0 Å². The molecule has 2 heterocycles. The van der Waals surface area contributed by atoms with E-state index in [1.54, 1.807) is 6.20 Å². The van der Waals surface area contributed by atoms with E-state index in [1.807, 2.05) is 24.2 Å². The Bertz CT molecular complexity index is 654. The summed E-state index contributed by atoms with van der Waals surface area (Å²) in [5, 5.41) is 13.8. The smallest absolute Gasteiger partial charge is 0.139 e. The van der Waals surface area contributed by atoms with Crippen molar-refractivity contribution in [1.29, 1.82) is 5.26 Å². The van der Waals surface area contributed by atoms with Crippen molar-refractivity contribution in [3.63, 3.8) is 0 Å². The highest BCUT2D eigenvalue weighted by molar-refractivity contribution is 7.97. The molecule has 0 unspecified atom stereocenters. The second-order valence-corrected chi connectivity index (χ2v) is 6.31. The van der Waals surface area contributed by atoms with Gasteiger partial charge >= 0.3 is 0 Å². The van der Waals surface area contributed by atoms with Crippen molar-refractivity contribution in [3.8, 4) is 6.07 Å². The van der Waals surface area contributed by atoms with E-state index in [1.165, 1.54) is 6.42 Å². The fourth-order valence-electron chi connectivity index (χ4n) is 2.56. The highest BCUT2D eigenvalue weighted by Gasteiger charge is 2.29. The van der Waals surface area contributed by atoms with Gasteiger partial charge in [0.05, 0.1) is 11.3 Å². The molecule has 3 rings (SSSR count). The Hall–Kier alpha value is -1.71. The SMILES string of the molecule is CCCSNC1CC(Nc2c(C#N)cnc3[nH]ccc23)C1. The van der Waals surface area contributed by atoms with Gasteiger partial charge in [-0.1, -0.05) is 18.9 Å². The van der Waals surface area contributed by atoms with E-state index in [2.05, 4.69) is 33.0 Å². The van der Waals surface area contributed by atoms with Crippen molar-refractivity contribution in [2.75, 3.05) is 11.1 Å². The molecule has 1 fully saturated rings.